The van der Waals surface area contributed by atoms with Gasteiger partial charge in [-0.1, -0.05) is 37.3 Å². The van der Waals surface area contributed by atoms with Gasteiger partial charge in [-0.2, -0.15) is 0 Å². The standard InChI is InChI=1S/C19H27NO3/c1-3-11-20(13-19-10-9-16(2)23-19)12-18(21)15-22-14-17-7-5-4-6-8-17/h4-10,18,21H,3,11-15H2,1-2H3. The molecule has 2 rings (SSSR count). The molecule has 0 amide bonds. The number of benzene rings is 1. The van der Waals surface area contributed by atoms with E-state index in [1.807, 2.05) is 49.4 Å². The Bertz CT molecular complexity index is 553. The summed E-state index contributed by atoms with van der Waals surface area (Å²) in [6.07, 6.45) is 0.540. The monoisotopic (exact) mass is 317 g/mol. The van der Waals surface area contributed by atoms with E-state index >= 15 is 0 Å². The molecular formula is C19H27NO3. The van der Waals surface area contributed by atoms with Crippen molar-refractivity contribution in [2.45, 2.75) is 39.5 Å². The highest BCUT2D eigenvalue weighted by Crippen LogP contribution is 2.11. The number of hydrogen-bond donors (Lipinski definition) is 1. The molecule has 4 heteroatoms. The molecule has 0 radical (unpaired) electrons. The largest absolute Gasteiger partial charge is 0.465 e. The Morgan fingerprint density at radius 1 is 1.17 bits per heavy atom. The van der Waals surface area contributed by atoms with Crippen LogP contribution in [0.25, 0.3) is 0 Å². The van der Waals surface area contributed by atoms with Crippen LogP contribution in [0.1, 0.15) is 30.4 Å². The third-order valence-corrected chi connectivity index (χ3v) is 3.61. The minimum Gasteiger partial charge on any atom is -0.465 e. The minimum atomic E-state index is -0.499. The lowest BCUT2D eigenvalue weighted by molar-refractivity contribution is 0.00761. The maximum atomic E-state index is 10.2. The summed E-state index contributed by atoms with van der Waals surface area (Å²) in [6, 6.07) is 14.0. The van der Waals surface area contributed by atoms with Crippen LogP contribution >= 0.6 is 0 Å². The van der Waals surface area contributed by atoms with Crippen molar-refractivity contribution in [3.8, 4) is 0 Å². The summed E-state index contributed by atoms with van der Waals surface area (Å²) in [4.78, 5) is 2.20. The Morgan fingerprint density at radius 3 is 2.61 bits per heavy atom. The number of hydrogen-bond acceptors (Lipinski definition) is 4. The summed E-state index contributed by atoms with van der Waals surface area (Å²) in [6.45, 7) is 7.18. The van der Waals surface area contributed by atoms with E-state index in [2.05, 4.69) is 11.8 Å². The fourth-order valence-corrected chi connectivity index (χ4v) is 2.58. The molecule has 1 atom stereocenters. The topological polar surface area (TPSA) is 45.8 Å². The molecule has 4 nitrogen and oxygen atoms in total. The first-order valence-corrected chi connectivity index (χ1v) is 8.24. The van der Waals surface area contributed by atoms with Gasteiger partial charge in [-0.3, -0.25) is 4.90 Å². The number of aliphatic hydroxyl groups is 1. The molecule has 0 fully saturated rings. The molecule has 1 aromatic carbocycles. The molecule has 23 heavy (non-hydrogen) atoms. The Morgan fingerprint density at radius 2 is 1.96 bits per heavy atom. The molecule has 126 valence electrons. The van der Waals surface area contributed by atoms with E-state index in [9.17, 15) is 5.11 Å². The Kier molecular flexibility index (Phi) is 7.33. The van der Waals surface area contributed by atoms with E-state index in [1.54, 1.807) is 0 Å². The van der Waals surface area contributed by atoms with Gasteiger partial charge in [0.05, 0.1) is 25.9 Å². The molecule has 1 heterocycles. The maximum Gasteiger partial charge on any atom is 0.118 e. The number of aliphatic hydroxyl groups excluding tert-OH is 1. The molecule has 1 N–H and O–H groups in total. The second-order valence-corrected chi connectivity index (χ2v) is 5.90. The average molecular weight is 317 g/mol. The fourth-order valence-electron chi connectivity index (χ4n) is 2.58. The van der Waals surface area contributed by atoms with Gasteiger partial charge in [0.2, 0.25) is 0 Å². The zero-order valence-corrected chi connectivity index (χ0v) is 14.1. The highest BCUT2D eigenvalue weighted by atomic mass is 16.5. The third-order valence-electron chi connectivity index (χ3n) is 3.61. The Balaban J connectivity index is 1.74. The third kappa shape index (κ3) is 6.57. The van der Waals surface area contributed by atoms with Crippen LogP contribution in [0, 0.1) is 6.92 Å². The van der Waals surface area contributed by atoms with Gasteiger partial charge in [-0.25, -0.2) is 0 Å². The van der Waals surface area contributed by atoms with Gasteiger partial charge in [0.1, 0.15) is 11.5 Å². The van der Waals surface area contributed by atoms with Crippen LogP contribution in [0.2, 0.25) is 0 Å². The molecule has 0 aliphatic heterocycles. The van der Waals surface area contributed by atoms with E-state index in [1.165, 1.54) is 0 Å². The molecule has 0 saturated carbocycles. The average Bonchev–Trinajstić information content (AvgIpc) is 2.93. The molecule has 0 saturated heterocycles. The first kappa shape index (κ1) is 17.7. The predicted molar refractivity (Wildman–Crippen MR) is 91.1 cm³/mol. The zero-order chi connectivity index (χ0) is 16.5. The van der Waals surface area contributed by atoms with Crippen LogP contribution in [0.4, 0.5) is 0 Å². The van der Waals surface area contributed by atoms with Gasteiger partial charge in [0.15, 0.2) is 0 Å². The number of aryl methyl sites for hydroxylation is 1. The summed E-state index contributed by atoms with van der Waals surface area (Å²) in [5, 5.41) is 10.2. The first-order chi connectivity index (χ1) is 11.2. The quantitative estimate of drug-likeness (QED) is 0.730. The predicted octanol–water partition coefficient (Wildman–Crippen LogP) is 3.38. The summed E-state index contributed by atoms with van der Waals surface area (Å²) in [5.41, 5.74) is 1.12. The number of rotatable bonds is 10. The van der Waals surface area contributed by atoms with Crippen LogP contribution in [0.3, 0.4) is 0 Å². The highest BCUT2D eigenvalue weighted by Gasteiger charge is 2.13. The van der Waals surface area contributed by atoms with E-state index in [-0.39, 0.29) is 0 Å². The van der Waals surface area contributed by atoms with Crippen LogP contribution in [0.15, 0.2) is 46.9 Å². The second kappa shape index (κ2) is 9.50. The van der Waals surface area contributed by atoms with Crippen molar-refractivity contribution < 1.29 is 14.3 Å². The van der Waals surface area contributed by atoms with Crippen molar-refractivity contribution in [2.24, 2.45) is 0 Å². The van der Waals surface area contributed by atoms with Gasteiger partial charge >= 0.3 is 0 Å². The molecule has 1 unspecified atom stereocenters. The number of furan rings is 1. The lowest BCUT2D eigenvalue weighted by Crippen LogP contribution is -2.35. The van der Waals surface area contributed by atoms with Gasteiger partial charge < -0.3 is 14.3 Å². The van der Waals surface area contributed by atoms with Crippen LogP contribution < -0.4 is 0 Å². The van der Waals surface area contributed by atoms with E-state index in [0.717, 1.165) is 36.6 Å². The zero-order valence-electron chi connectivity index (χ0n) is 14.1. The number of nitrogens with zero attached hydrogens (tertiary/aromatic N) is 1. The van der Waals surface area contributed by atoms with Gasteiger partial charge in [0.25, 0.3) is 0 Å². The normalized spacial score (nSPS) is 12.7. The lowest BCUT2D eigenvalue weighted by atomic mass is 10.2. The van der Waals surface area contributed by atoms with Crippen LogP contribution in [-0.4, -0.2) is 35.8 Å². The van der Waals surface area contributed by atoms with Gasteiger partial charge in [-0.05, 0) is 37.6 Å². The number of ether oxygens (including phenoxy) is 1. The van der Waals surface area contributed by atoms with Crippen LogP contribution in [-0.2, 0) is 17.9 Å². The summed E-state index contributed by atoms with van der Waals surface area (Å²) < 4.78 is 11.2. The van der Waals surface area contributed by atoms with Crippen molar-refractivity contribution in [3.05, 3.63) is 59.5 Å². The molecule has 0 aliphatic carbocycles. The van der Waals surface area contributed by atoms with Crippen molar-refractivity contribution in [2.75, 3.05) is 19.7 Å². The molecule has 0 aliphatic rings. The van der Waals surface area contributed by atoms with Gasteiger partial charge in [-0.15, -0.1) is 0 Å². The second-order valence-electron chi connectivity index (χ2n) is 5.90. The fraction of sp³-hybridized carbons (Fsp3) is 0.474. The molecular weight excluding hydrogens is 290 g/mol. The molecule has 2 aromatic rings. The Hall–Kier alpha value is -1.62. The van der Waals surface area contributed by atoms with E-state index in [4.69, 9.17) is 9.15 Å². The van der Waals surface area contributed by atoms with Crippen LogP contribution in [0.5, 0.6) is 0 Å². The van der Waals surface area contributed by atoms with Crippen molar-refractivity contribution in [1.82, 2.24) is 4.90 Å². The first-order valence-electron chi connectivity index (χ1n) is 8.24. The lowest BCUT2D eigenvalue weighted by Gasteiger charge is -2.23. The molecule has 0 bridgehead atoms. The smallest absolute Gasteiger partial charge is 0.118 e. The van der Waals surface area contributed by atoms with Gasteiger partial charge in [0, 0.05) is 6.54 Å². The summed E-state index contributed by atoms with van der Waals surface area (Å²) >= 11 is 0. The minimum absolute atomic E-state index is 0.340. The maximum absolute atomic E-state index is 10.2. The van der Waals surface area contributed by atoms with Crippen molar-refractivity contribution in [1.29, 1.82) is 0 Å². The summed E-state index contributed by atoms with van der Waals surface area (Å²) in [5.74, 6) is 1.86. The highest BCUT2D eigenvalue weighted by molar-refractivity contribution is 5.13. The van der Waals surface area contributed by atoms with Crippen molar-refractivity contribution >= 4 is 0 Å². The van der Waals surface area contributed by atoms with E-state index in [0.29, 0.717) is 19.8 Å². The molecule has 0 spiro atoms. The SMILES string of the molecule is CCCN(Cc1ccc(C)o1)CC(O)COCc1ccccc1. The summed E-state index contributed by atoms with van der Waals surface area (Å²) in [7, 11) is 0. The van der Waals surface area contributed by atoms with E-state index < -0.39 is 6.10 Å². The molecule has 1 aromatic heterocycles. The van der Waals surface area contributed by atoms with Crippen molar-refractivity contribution in [3.63, 3.8) is 0 Å². The Labute approximate surface area is 138 Å².